The van der Waals surface area contributed by atoms with Gasteiger partial charge in [-0.05, 0) is 49.1 Å². The molecule has 1 N–H and O–H groups in total. The van der Waals surface area contributed by atoms with E-state index in [0.29, 0.717) is 0 Å². The lowest BCUT2D eigenvalue weighted by Crippen LogP contribution is -2.11. The number of para-hydroxylation sites is 1. The first-order valence-electron chi connectivity index (χ1n) is 10.5. The van der Waals surface area contributed by atoms with Crippen molar-refractivity contribution in [1.29, 1.82) is 0 Å². The summed E-state index contributed by atoms with van der Waals surface area (Å²) in [6.07, 6.45) is 2.50. The molecule has 1 nitrogen and oxygen atoms in total. The molecular weight excluding hydrogens is 357 g/mol. The van der Waals surface area contributed by atoms with Gasteiger partial charge in [0.05, 0.1) is 0 Å². The molecule has 156 valence electrons. The highest BCUT2D eigenvalue weighted by molar-refractivity contribution is 7.23. The van der Waals surface area contributed by atoms with Crippen LogP contribution in [0.5, 0.6) is 0 Å². The van der Waals surface area contributed by atoms with Gasteiger partial charge < -0.3 is 5.32 Å². The van der Waals surface area contributed by atoms with Crippen LogP contribution >= 0.6 is 8.86 Å². The van der Waals surface area contributed by atoms with Crippen LogP contribution in [0.1, 0.15) is 76.6 Å². The van der Waals surface area contributed by atoms with E-state index in [9.17, 15) is 0 Å². The second kappa shape index (κ2) is 17.3. The van der Waals surface area contributed by atoms with E-state index < -0.39 is 0 Å². The van der Waals surface area contributed by atoms with E-state index in [1.807, 2.05) is 26.0 Å². The lowest BCUT2D eigenvalue weighted by atomic mass is 9.99. The summed E-state index contributed by atoms with van der Waals surface area (Å²) in [7, 11) is 3.73. The van der Waals surface area contributed by atoms with Gasteiger partial charge in [-0.25, -0.2) is 0 Å². The van der Waals surface area contributed by atoms with Crippen LogP contribution in [0.25, 0.3) is 0 Å². The molecule has 2 heteroatoms. The number of anilines is 1. The fourth-order valence-electron chi connectivity index (χ4n) is 2.12. The molecule has 0 aliphatic heterocycles. The molecule has 2 aromatic rings. The molecule has 0 saturated heterocycles. The van der Waals surface area contributed by atoms with Crippen LogP contribution in [0.2, 0.25) is 0 Å². The fourth-order valence-corrected chi connectivity index (χ4v) is 2.46. The van der Waals surface area contributed by atoms with Gasteiger partial charge in [0.2, 0.25) is 0 Å². The molecule has 0 aliphatic carbocycles. The molecule has 0 radical (unpaired) electrons. The molecule has 0 aromatic heterocycles. The normalized spacial score (nSPS) is 8.75. The summed E-state index contributed by atoms with van der Waals surface area (Å²) in [5, 5.41) is 4.37. The molecule has 0 bridgehead atoms. The summed E-state index contributed by atoms with van der Waals surface area (Å²) < 4.78 is 0. The number of allylic oxidation sites excluding steroid dienone is 1. The van der Waals surface area contributed by atoms with E-state index >= 15 is 0 Å². The van der Waals surface area contributed by atoms with Crippen LogP contribution in [0, 0.1) is 20.8 Å². The average molecular weight is 400 g/mol. The first kappa shape index (κ1) is 28.4. The van der Waals surface area contributed by atoms with E-state index in [1.54, 1.807) is 0 Å². The van der Waals surface area contributed by atoms with Gasteiger partial charge in [0, 0.05) is 16.7 Å². The van der Waals surface area contributed by atoms with Crippen LogP contribution in [-0.2, 0) is 0 Å². The first-order valence-corrected chi connectivity index (χ1v) is 11.0. The molecule has 0 aliphatic rings. The van der Waals surface area contributed by atoms with E-state index in [4.69, 9.17) is 0 Å². The van der Waals surface area contributed by atoms with Crippen molar-refractivity contribution in [1.82, 2.24) is 0 Å². The van der Waals surface area contributed by atoms with Gasteiger partial charge in [-0.15, -0.1) is 8.86 Å². The summed E-state index contributed by atoms with van der Waals surface area (Å²) >= 11 is 0. The highest BCUT2D eigenvalue weighted by Gasteiger charge is 2.09. The van der Waals surface area contributed by atoms with Gasteiger partial charge in [-0.1, -0.05) is 97.4 Å². The maximum Gasteiger partial charge on any atom is 0.0431 e. The maximum absolute atomic E-state index is 4.14. The van der Waals surface area contributed by atoms with E-state index in [-0.39, 0.29) is 0 Å². The minimum absolute atomic E-state index is 0.865. The van der Waals surface area contributed by atoms with Crippen molar-refractivity contribution in [2.75, 3.05) is 5.32 Å². The lowest BCUT2D eigenvalue weighted by Gasteiger charge is -2.16. The molecular formula is C26H42NP. The number of rotatable bonds is 4. The van der Waals surface area contributed by atoms with Gasteiger partial charge in [0.25, 0.3) is 0 Å². The third-order valence-electron chi connectivity index (χ3n) is 3.61. The summed E-state index contributed by atoms with van der Waals surface area (Å²) in [6.45, 7) is 23.0. The Bertz CT molecular complexity index is 699. The predicted octanol–water partition coefficient (Wildman–Crippen LogP) is 8.76. The van der Waals surface area contributed by atoms with E-state index in [1.165, 1.54) is 35.1 Å². The Morgan fingerprint density at radius 2 is 1.29 bits per heavy atom. The molecule has 0 fully saturated rings. The number of benzene rings is 2. The van der Waals surface area contributed by atoms with E-state index in [2.05, 4.69) is 99.6 Å². The third-order valence-corrected chi connectivity index (χ3v) is 4.18. The minimum atomic E-state index is 0.865. The summed E-state index contributed by atoms with van der Waals surface area (Å²) in [4.78, 5) is 0. The zero-order valence-electron chi connectivity index (χ0n) is 19.7. The Morgan fingerprint density at radius 3 is 1.79 bits per heavy atom. The summed E-state index contributed by atoms with van der Waals surface area (Å²) in [6, 6.07) is 14.5. The number of hydrogen-bond acceptors (Lipinski definition) is 1. The second-order valence-corrected chi connectivity index (χ2v) is 6.96. The molecule has 2 rings (SSSR count). The SMILES string of the molecule is C=C(Nc1ccccc1C)C(=P)c1cccc(C)c1C.CC.CCC.CCC. The van der Waals surface area contributed by atoms with Crippen molar-refractivity contribution >= 4 is 19.8 Å². The van der Waals surface area contributed by atoms with Crippen molar-refractivity contribution in [3.63, 3.8) is 0 Å². The molecule has 0 unspecified atom stereocenters. The topological polar surface area (TPSA) is 12.0 Å². The molecule has 0 spiro atoms. The Kier molecular flexibility index (Phi) is 17.5. The summed E-state index contributed by atoms with van der Waals surface area (Å²) in [5.41, 5.74) is 6.87. The molecule has 0 saturated carbocycles. The molecule has 2 aromatic carbocycles. The average Bonchev–Trinajstić information content (AvgIpc) is 2.68. The molecule has 28 heavy (non-hydrogen) atoms. The molecule has 0 amide bonds. The standard InChI is InChI=1S/C18H20NP.2C3H8.C2H6/c1-12-9-7-10-16(14(12)3)18(20)15(4)19-17-11-6-5-8-13(17)2;2*1-3-2;1-2/h5-11,19-20H,4H2,1-3H3;2*3H2,1-2H3;1-2H3. The molecule has 0 heterocycles. The number of aryl methyl sites for hydroxylation is 2. The van der Waals surface area contributed by atoms with Crippen LogP contribution in [0.3, 0.4) is 0 Å². The van der Waals surface area contributed by atoms with E-state index in [0.717, 1.165) is 16.7 Å². The van der Waals surface area contributed by atoms with Crippen molar-refractivity contribution in [2.45, 2.75) is 75.2 Å². The Labute approximate surface area is 177 Å². The largest absolute Gasteiger partial charge is 0.355 e. The van der Waals surface area contributed by atoms with Crippen LogP contribution < -0.4 is 5.32 Å². The van der Waals surface area contributed by atoms with Crippen LogP contribution in [-0.4, -0.2) is 5.29 Å². The maximum atomic E-state index is 4.14. The highest BCUT2D eigenvalue weighted by atomic mass is 31.0. The zero-order chi connectivity index (χ0) is 22.1. The van der Waals surface area contributed by atoms with Gasteiger partial charge in [-0.3, -0.25) is 0 Å². The number of nitrogens with one attached hydrogen (secondary N) is 1. The quantitative estimate of drug-likeness (QED) is 0.507. The van der Waals surface area contributed by atoms with Crippen molar-refractivity contribution in [3.05, 3.63) is 77.0 Å². The predicted molar refractivity (Wildman–Crippen MR) is 136 cm³/mol. The van der Waals surface area contributed by atoms with Gasteiger partial charge in [0.15, 0.2) is 0 Å². The first-order chi connectivity index (χ1) is 13.3. The summed E-state index contributed by atoms with van der Waals surface area (Å²) in [5.74, 6) is 0. The van der Waals surface area contributed by atoms with Crippen molar-refractivity contribution in [3.8, 4) is 0 Å². The van der Waals surface area contributed by atoms with Gasteiger partial charge >= 0.3 is 0 Å². The Balaban J connectivity index is 0. The highest BCUT2D eigenvalue weighted by Crippen LogP contribution is 2.21. The van der Waals surface area contributed by atoms with Gasteiger partial charge in [0.1, 0.15) is 0 Å². The minimum Gasteiger partial charge on any atom is -0.355 e. The second-order valence-electron chi connectivity index (χ2n) is 6.46. The Hall–Kier alpha value is -1.85. The van der Waals surface area contributed by atoms with Crippen LogP contribution in [0.15, 0.2) is 54.7 Å². The molecule has 0 atom stereocenters. The van der Waals surface area contributed by atoms with Gasteiger partial charge in [-0.2, -0.15) is 0 Å². The van der Waals surface area contributed by atoms with Crippen molar-refractivity contribution < 1.29 is 0 Å². The Morgan fingerprint density at radius 1 is 0.821 bits per heavy atom. The third kappa shape index (κ3) is 10.5. The zero-order valence-corrected chi connectivity index (χ0v) is 20.7. The number of hydrogen-bond donors (Lipinski definition) is 1. The lowest BCUT2D eigenvalue weighted by molar-refractivity contribution is 1.09. The van der Waals surface area contributed by atoms with Crippen LogP contribution in [0.4, 0.5) is 5.69 Å². The monoisotopic (exact) mass is 399 g/mol. The van der Waals surface area contributed by atoms with Crippen molar-refractivity contribution in [2.24, 2.45) is 0 Å². The smallest absolute Gasteiger partial charge is 0.0431 e. The fraction of sp³-hybridized carbons (Fsp3) is 0.423.